The summed E-state index contributed by atoms with van der Waals surface area (Å²) >= 11 is 1.14. The number of carbonyl (C=O) groups excluding carboxylic acids is 2. The first kappa shape index (κ1) is 16.8. The molecule has 1 saturated heterocycles. The van der Waals surface area contributed by atoms with Gasteiger partial charge in [0.25, 0.3) is 0 Å². The molecule has 1 amide bonds. The summed E-state index contributed by atoms with van der Waals surface area (Å²) in [4.78, 5) is 36.2. The Morgan fingerprint density at radius 3 is 2.73 bits per heavy atom. The molecule has 0 radical (unpaired) electrons. The van der Waals surface area contributed by atoms with Crippen molar-refractivity contribution >= 4 is 29.6 Å². The molecule has 22 heavy (non-hydrogen) atoms. The fourth-order valence-corrected chi connectivity index (χ4v) is 3.94. The Bertz CT molecular complexity index is 533. The second-order valence-electron chi connectivity index (χ2n) is 5.11. The van der Waals surface area contributed by atoms with Crippen LogP contribution in [0.4, 0.5) is 0 Å². The van der Waals surface area contributed by atoms with Crippen molar-refractivity contribution in [1.29, 1.82) is 0 Å². The summed E-state index contributed by atoms with van der Waals surface area (Å²) in [5.74, 6) is -2.77. The van der Waals surface area contributed by atoms with Crippen molar-refractivity contribution in [3.63, 3.8) is 0 Å². The predicted molar refractivity (Wildman–Crippen MR) is 77.3 cm³/mol. The van der Waals surface area contributed by atoms with Crippen molar-refractivity contribution in [2.24, 2.45) is 11.7 Å². The van der Waals surface area contributed by atoms with E-state index in [2.05, 4.69) is 0 Å². The van der Waals surface area contributed by atoms with Crippen molar-refractivity contribution < 1.29 is 29.3 Å². The molecule has 3 atom stereocenters. The topological polar surface area (TPSA) is 130 Å². The smallest absolute Gasteiger partial charge is 0.353 e. The van der Waals surface area contributed by atoms with Gasteiger partial charge in [-0.15, -0.1) is 0 Å². The molecule has 2 heterocycles. The van der Waals surface area contributed by atoms with Crippen LogP contribution in [0, 0.1) is 5.92 Å². The van der Waals surface area contributed by atoms with Gasteiger partial charge in [-0.25, -0.2) is 4.79 Å². The number of esters is 1. The molecule has 0 bridgehead atoms. The number of rotatable bonds is 7. The Hall–Kier alpha value is -1.58. The van der Waals surface area contributed by atoms with Crippen molar-refractivity contribution in [2.75, 3.05) is 13.2 Å². The molecule has 4 N–H and O–H groups in total. The third-order valence-electron chi connectivity index (χ3n) is 3.52. The van der Waals surface area contributed by atoms with Crippen LogP contribution in [0.1, 0.15) is 19.8 Å². The summed E-state index contributed by atoms with van der Waals surface area (Å²) in [6.07, 6.45) is -0.198. The Balaban J connectivity index is 2.05. The molecule has 0 unspecified atom stereocenters. The maximum Gasteiger partial charge on any atom is 0.353 e. The minimum atomic E-state index is -1.25. The second-order valence-corrected chi connectivity index (χ2v) is 6.32. The van der Waals surface area contributed by atoms with Crippen LogP contribution in [0.5, 0.6) is 0 Å². The van der Waals surface area contributed by atoms with Crippen LogP contribution in [0.25, 0.3) is 0 Å². The lowest BCUT2D eigenvalue weighted by atomic mass is 9.92. The number of nitrogens with two attached hydrogens (primary N) is 1. The molecule has 2 aliphatic rings. The first-order valence-corrected chi connectivity index (χ1v) is 7.76. The van der Waals surface area contributed by atoms with Gasteiger partial charge in [0.1, 0.15) is 17.7 Å². The molecule has 0 saturated carbocycles. The van der Waals surface area contributed by atoms with Crippen LogP contribution in [0.3, 0.4) is 0 Å². The van der Waals surface area contributed by atoms with E-state index < -0.39 is 35.2 Å². The third-order valence-corrected chi connectivity index (χ3v) is 4.87. The normalized spacial score (nSPS) is 24.9. The molecule has 2 rings (SSSR count). The van der Waals surface area contributed by atoms with Gasteiger partial charge in [-0.3, -0.25) is 14.5 Å². The van der Waals surface area contributed by atoms with Crippen LogP contribution in [0.15, 0.2) is 10.6 Å². The van der Waals surface area contributed by atoms with Gasteiger partial charge < -0.3 is 20.7 Å². The number of carboxylic acids is 1. The number of hydrogen-bond donors (Lipinski definition) is 3. The SMILES string of the molecule is C[C@@H](O)[C@H]1C(=O)N2C(C(=O)O)=C(COC(=O)CCCN)S[C@H]12. The Morgan fingerprint density at radius 1 is 1.50 bits per heavy atom. The van der Waals surface area contributed by atoms with E-state index in [0.29, 0.717) is 17.9 Å². The fourth-order valence-electron chi connectivity index (χ4n) is 2.42. The van der Waals surface area contributed by atoms with Gasteiger partial charge in [0, 0.05) is 6.42 Å². The maximum atomic E-state index is 12.0. The zero-order chi connectivity index (χ0) is 16.4. The summed E-state index contributed by atoms with van der Waals surface area (Å²) in [5.41, 5.74) is 5.13. The number of ether oxygens (including phenoxy) is 1. The zero-order valence-corrected chi connectivity index (χ0v) is 12.8. The highest BCUT2D eigenvalue weighted by Crippen LogP contribution is 2.50. The van der Waals surface area contributed by atoms with Gasteiger partial charge in [0.05, 0.1) is 16.9 Å². The van der Waals surface area contributed by atoms with E-state index >= 15 is 0 Å². The third kappa shape index (κ3) is 2.96. The van der Waals surface area contributed by atoms with E-state index in [1.165, 1.54) is 6.92 Å². The van der Waals surface area contributed by atoms with Crippen LogP contribution >= 0.6 is 11.8 Å². The van der Waals surface area contributed by atoms with E-state index in [1.807, 2.05) is 0 Å². The summed E-state index contributed by atoms with van der Waals surface area (Å²) in [7, 11) is 0. The highest BCUT2D eigenvalue weighted by atomic mass is 32.2. The molecule has 2 aliphatic heterocycles. The van der Waals surface area contributed by atoms with E-state index in [4.69, 9.17) is 10.5 Å². The lowest BCUT2D eigenvalue weighted by Crippen LogP contribution is -2.60. The molecular formula is C13H18N2O6S. The zero-order valence-electron chi connectivity index (χ0n) is 12.0. The van der Waals surface area contributed by atoms with Crippen LogP contribution in [-0.4, -0.2) is 57.6 Å². The molecule has 1 fully saturated rings. The van der Waals surface area contributed by atoms with Crippen molar-refractivity contribution in [3.05, 3.63) is 10.6 Å². The van der Waals surface area contributed by atoms with Crippen molar-refractivity contribution in [2.45, 2.75) is 31.2 Å². The number of aliphatic hydroxyl groups excluding tert-OH is 1. The van der Waals surface area contributed by atoms with E-state index in [1.54, 1.807) is 0 Å². The summed E-state index contributed by atoms with van der Waals surface area (Å²) < 4.78 is 5.03. The van der Waals surface area contributed by atoms with Crippen LogP contribution < -0.4 is 5.73 Å². The first-order chi connectivity index (χ1) is 10.4. The summed E-state index contributed by atoms with van der Waals surface area (Å²) in [6, 6.07) is 0. The minimum Gasteiger partial charge on any atom is -0.477 e. The lowest BCUT2D eigenvalue weighted by molar-refractivity contribution is -0.156. The first-order valence-electron chi connectivity index (χ1n) is 6.88. The Morgan fingerprint density at radius 2 is 2.18 bits per heavy atom. The summed E-state index contributed by atoms with van der Waals surface area (Å²) in [5, 5.41) is 18.4. The molecule has 0 spiro atoms. The predicted octanol–water partition coefficient (Wildman–Crippen LogP) is -0.523. The number of β-lactam (4-membered cyclic amide) rings is 1. The molecule has 8 nitrogen and oxygen atoms in total. The molecule has 9 heteroatoms. The largest absolute Gasteiger partial charge is 0.477 e. The summed E-state index contributed by atoms with van der Waals surface area (Å²) in [6.45, 7) is 1.67. The number of hydrogen-bond acceptors (Lipinski definition) is 7. The number of nitrogens with zero attached hydrogens (tertiary/aromatic N) is 1. The average Bonchev–Trinajstić information content (AvgIpc) is 2.76. The Kier molecular flexibility index (Phi) is 5.09. The van der Waals surface area contributed by atoms with Gasteiger partial charge >= 0.3 is 11.9 Å². The highest BCUT2D eigenvalue weighted by Gasteiger charge is 2.57. The number of aliphatic hydroxyl groups is 1. The van der Waals surface area contributed by atoms with Gasteiger partial charge in [-0.2, -0.15) is 0 Å². The fraction of sp³-hybridized carbons (Fsp3) is 0.615. The number of thioether (sulfide) groups is 1. The number of fused-ring (bicyclic) bond motifs is 1. The lowest BCUT2D eigenvalue weighted by Gasteiger charge is -2.43. The standard InChI is InChI=1S/C13H18N2O6S/c1-6(16)9-11(18)15-10(13(19)20)7(22-12(9)15)5-21-8(17)3-2-4-14/h6,9,12,16H,2-5,14H2,1H3,(H,19,20)/t6-,9+,12-/m1/s1. The van der Waals surface area contributed by atoms with E-state index in [0.717, 1.165) is 16.7 Å². The number of carbonyl (C=O) groups is 3. The monoisotopic (exact) mass is 330 g/mol. The van der Waals surface area contributed by atoms with Crippen molar-refractivity contribution in [1.82, 2.24) is 4.90 Å². The average molecular weight is 330 g/mol. The maximum absolute atomic E-state index is 12.0. The minimum absolute atomic E-state index is 0.163. The van der Waals surface area contributed by atoms with Crippen molar-refractivity contribution in [3.8, 4) is 0 Å². The molecule has 0 aromatic carbocycles. The van der Waals surface area contributed by atoms with Gasteiger partial charge in [-0.1, -0.05) is 11.8 Å². The molecule has 0 aliphatic carbocycles. The number of amides is 1. The number of carboxylic acid groups (broad SMARTS) is 1. The quantitative estimate of drug-likeness (QED) is 0.420. The molecular weight excluding hydrogens is 312 g/mol. The molecule has 0 aromatic rings. The second kappa shape index (κ2) is 6.67. The number of aliphatic carboxylic acids is 1. The molecule has 122 valence electrons. The molecule has 0 aromatic heterocycles. The van der Waals surface area contributed by atoms with Crippen LogP contribution in [-0.2, 0) is 19.1 Å². The highest BCUT2D eigenvalue weighted by molar-refractivity contribution is 8.04. The van der Waals surface area contributed by atoms with E-state index in [9.17, 15) is 24.6 Å². The van der Waals surface area contributed by atoms with E-state index in [-0.39, 0.29) is 18.7 Å². The van der Waals surface area contributed by atoms with Gasteiger partial charge in [0.15, 0.2) is 0 Å². The van der Waals surface area contributed by atoms with Crippen LogP contribution in [0.2, 0.25) is 0 Å². The van der Waals surface area contributed by atoms with Gasteiger partial charge in [-0.05, 0) is 19.9 Å². The Labute approximate surface area is 131 Å². The van der Waals surface area contributed by atoms with Gasteiger partial charge in [0.2, 0.25) is 5.91 Å².